The third-order valence-corrected chi connectivity index (χ3v) is 4.82. The number of carbonyl (C=O) groups excluding carboxylic acids is 1. The molecule has 1 fully saturated rings. The highest BCUT2D eigenvalue weighted by molar-refractivity contribution is 7.99. The Bertz CT molecular complexity index is 465. The predicted octanol–water partition coefficient (Wildman–Crippen LogP) is 2.51. The Morgan fingerprint density at radius 1 is 1.45 bits per heavy atom. The molecule has 0 bridgehead atoms. The van der Waals surface area contributed by atoms with Crippen molar-refractivity contribution in [1.29, 1.82) is 0 Å². The van der Waals surface area contributed by atoms with Crippen molar-refractivity contribution in [3.63, 3.8) is 0 Å². The lowest BCUT2D eigenvalue weighted by Gasteiger charge is -2.22. The number of benzene rings is 1. The summed E-state index contributed by atoms with van der Waals surface area (Å²) in [6.07, 6.45) is 1.50. The maximum atomic E-state index is 12.8. The van der Waals surface area contributed by atoms with Gasteiger partial charge in [0.25, 0.3) is 0 Å². The number of nitrogens with zero attached hydrogens (tertiary/aromatic N) is 1. The number of halogens is 1. The Hall–Kier alpha value is -1.07. The molecule has 0 saturated carbocycles. The summed E-state index contributed by atoms with van der Waals surface area (Å²) < 4.78 is 12.8. The van der Waals surface area contributed by atoms with Crippen LogP contribution in [0.3, 0.4) is 0 Å². The van der Waals surface area contributed by atoms with E-state index in [2.05, 4.69) is 6.92 Å². The van der Waals surface area contributed by atoms with Gasteiger partial charge in [-0.05, 0) is 42.6 Å². The third-order valence-electron chi connectivity index (χ3n) is 3.80. The van der Waals surface area contributed by atoms with Crippen LogP contribution in [0.4, 0.5) is 4.39 Å². The van der Waals surface area contributed by atoms with Crippen LogP contribution < -0.4 is 5.73 Å². The van der Waals surface area contributed by atoms with Crippen molar-refractivity contribution in [2.75, 3.05) is 25.4 Å². The van der Waals surface area contributed by atoms with Gasteiger partial charge in [0.2, 0.25) is 5.91 Å². The zero-order valence-corrected chi connectivity index (χ0v) is 12.6. The molecule has 2 N–H and O–H groups in total. The monoisotopic (exact) mass is 296 g/mol. The van der Waals surface area contributed by atoms with Crippen molar-refractivity contribution in [2.45, 2.75) is 24.7 Å². The lowest BCUT2D eigenvalue weighted by atomic mass is 9.90. The van der Waals surface area contributed by atoms with E-state index in [-0.39, 0.29) is 17.1 Å². The minimum Gasteiger partial charge on any atom is -0.342 e. The van der Waals surface area contributed by atoms with Gasteiger partial charge in [-0.2, -0.15) is 0 Å². The number of amides is 1. The van der Waals surface area contributed by atoms with Crippen LogP contribution in [0, 0.1) is 11.2 Å². The minimum atomic E-state index is -0.233. The van der Waals surface area contributed by atoms with Gasteiger partial charge in [0, 0.05) is 30.2 Å². The molecule has 1 aliphatic heterocycles. The summed E-state index contributed by atoms with van der Waals surface area (Å²) in [5.74, 6) is 0.681. The molecule has 0 spiro atoms. The van der Waals surface area contributed by atoms with Crippen molar-refractivity contribution < 1.29 is 9.18 Å². The fourth-order valence-electron chi connectivity index (χ4n) is 2.35. The topological polar surface area (TPSA) is 46.3 Å². The van der Waals surface area contributed by atoms with Crippen LogP contribution in [0.2, 0.25) is 0 Å². The number of nitrogens with two attached hydrogens (primary N) is 1. The molecule has 1 amide bonds. The molecule has 1 aromatic carbocycles. The second-order valence-electron chi connectivity index (χ2n) is 5.63. The van der Waals surface area contributed by atoms with Gasteiger partial charge in [0.15, 0.2) is 0 Å². The molecule has 2 rings (SSSR count). The van der Waals surface area contributed by atoms with Crippen molar-refractivity contribution in [3.05, 3.63) is 30.1 Å². The molecular formula is C15H21FN2OS. The molecule has 0 aromatic heterocycles. The molecule has 1 atom stereocenters. The summed E-state index contributed by atoms with van der Waals surface area (Å²) >= 11 is 1.58. The van der Waals surface area contributed by atoms with Gasteiger partial charge >= 0.3 is 0 Å². The molecular weight excluding hydrogens is 275 g/mol. The third kappa shape index (κ3) is 3.96. The molecule has 5 heteroatoms. The zero-order chi connectivity index (χ0) is 14.6. The van der Waals surface area contributed by atoms with Crippen LogP contribution in [0.1, 0.15) is 19.8 Å². The van der Waals surface area contributed by atoms with E-state index in [0.29, 0.717) is 13.0 Å². The van der Waals surface area contributed by atoms with Gasteiger partial charge in [0.05, 0.1) is 0 Å². The van der Waals surface area contributed by atoms with E-state index in [4.69, 9.17) is 5.73 Å². The minimum absolute atomic E-state index is 0.0831. The SMILES string of the molecule is CC1(CN)CCN(C(=O)CCSc2ccc(F)cc2)C1. The first-order valence-electron chi connectivity index (χ1n) is 6.89. The normalized spacial score (nSPS) is 22.2. The van der Waals surface area contributed by atoms with E-state index in [9.17, 15) is 9.18 Å². The van der Waals surface area contributed by atoms with E-state index in [1.165, 1.54) is 12.1 Å². The smallest absolute Gasteiger partial charge is 0.223 e. The van der Waals surface area contributed by atoms with E-state index >= 15 is 0 Å². The van der Waals surface area contributed by atoms with Crippen molar-refractivity contribution in [3.8, 4) is 0 Å². The maximum absolute atomic E-state index is 12.8. The Kier molecular flexibility index (Phi) is 5.05. The Labute approximate surface area is 123 Å². The van der Waals surface area contributed by atoms with Gasteiger partial charge in [-0.3, -0.25) is 4.79 Å². The van der Waals surface area contributed by atoms with E-state index in [1.807, 2.05) is 4.90 Å². The second kappa shape index (κ2) is 6.59. The van der Waals surface area contributed by atoms with Gasteiger partial charge in [0.1, 0.15) is 5.82 Å². The van der Waals surface area contributed by atoms with Crippen molar-refractivity contribution >= 4 is 17.7 Å². The lowest BCUT2D eigenvalue weighted by molar-refractivity contribution is -0.130. The molecule has 0 radical (unpaired) electrons. The number of rotatable bonds is 5. The fourth-order valence-corrected chi connectivity index (χ4v) is 3.19. The number of carbonyl (C=O) groups is 1. The largest absolute Gasteiger partial charge is 0.342 e. The first kappa shape index (κ1) is 15.3. The van der Waals surface area contributed by atoms with Crippen LogP contribution in [-0.4, -0.2) is 36.2 Å². The molecule has 1 aromatic rings. The van der Waals surface area contributed by atoms with Gasteiger partial charge in [-0.25, -0.2) is 4.39 Å². The van der Waals surface area contributed by atoms with Gasteiger partial charge < -0.3 is 10.6 Å². The van der Waals surface area contributed by atoms with Crippen LogP contribution in [-0.2, 0) is 4.79 Å². The van der Waals surface area contributed by atoms with Crippen LogP contribution in [0.15, 0.2) is 29.2 Å². The average Bonchev–Trinajstić information content (AvgIpc) is 2.84. The van der Waals surface area contributed by atoms with E-state index in [0.717, 1.165) is 30.2 Å². The summed E-state index contributed by atoms with van der Waals surface area (Å²) in [5.41, 5.74) is 5.83. The number of hydrogen-bond donors (Lipinski definition) is 1. The molecule has 0 aliphatic carbocycles. The lowest BCUT2D eigenvalue weighted by Crippen LogP contribution is -2.34. The number of thioether (sulfide) groups is 1. The van der Waals surface area contributed by atoms with Crippen LogP contribution >= 0.6 is 11.8 Å². The van der Waals surface area contributed by atoms with Gasteiger partial charge in [-0.1, -0.05) is 6.92 Å². The predicted molar refractivity (Wildman–Crippen MR) is 80.1 cm³/mol. The molecule has 1 unspecified atom stereocenters. The first-order chi connectivity index (χ1) is 9.52. The quantitative estimate of drug-likeness (QED) is 0.849. The Morgan fingerprint density at radius 3 is 2.75 bits per heavy atom. The van der Waals surface area contributed by atoms with Crippen LogP contribution in [0.25, 0.3) is 0 Å². The average molecular weight is 296 g/mol. The summed E-state index contributed by atoms with van der Waals surface area (Å²) in [6, 6.07) is 6.37. The molecule has 20 heavy (non-hydrogen) atoms. The van der Waals surface area contributed by atoms with E-state index in [1.54, 1.807) is 23.9 Å². The van der Waals surface area contributed by atoms with Gasteiger partial charge in [-0.15, -0.1) is 11.8 Å². The standard InChI is InChI=1S/C15H21FN2OS/c1-15(10-17)7-8-18(11-15)14(19)6-9-20-13-4-2-12(16)3-5-13/h2-5H,6-11,17H2,1H3. The fraction of sp³-hybridized carbons (Fsp3) is 0.533. The second-order valence-corrected chi connectivity index (χ2v) is 6.80. The summed E-state index contributed by atoms with van der Waals surface area (Å²) in [5, 5.41) is 0. The first-order valence-corrected chi connectivity index (χ1v) is 7.87. The summed E-state index contributed by atoms with van der Waals surface area (Å²) in [7, 11) is 0. The van der Waals surface area contributed by atoms with E-state index < -0.39 is 0 Å². The van der Waals surface area contributed by atoms with Crippen molar-refractivity contribution in [2.24, 2.45) is 11.1 Å². The number of likely N-dealkylation sites (tertiary alicyclic amines) is 1. The maximum Gasteiger partial charge on any atom is 0.223 e. The highest BCUT2D eigenvalue weighted by Gasteiger charge is 2.34. The molecule has 1 aliphatic rings. The molecule has 3 nitrogen and oxygen atoms in total. The zero-order valence-electron chi connectivity index (χ0n) is 11.8. The summed E-state index contributed by atoms with van der Waals surface area (Å²) in [6.45, 7) is 4.34. The Morgan fingerprint density at radius 2 is 2.15 bits per heavy atom. The summed E-state index contributed by atoms with van der Waals surface area (Å²) in [4.78, 5) is 15.0. The molecule has 1 saturated heterocycles. The highest BCUT2D eigenvalue weighted by Crippen LogP contribution is 2.29. The highest BCUT2D eigenvalue weighted by atomic mass is 32.2. The molecule has 110 valence electrons. The van der Waals surface area contributed by atoms with Crippen molar-refractivity contribution in [1.82, 2.24) is 4.90 Å². The number of hydrogen-bond acceptors (Lipinski definition) is 3. The Balaban J connectivity index is 1.74. The molecule has 1 heterocycles. The van der Waals surface area contributed by atoms with Crippen LogP contribution in [0.5, 0.6) is 0 Å².